The molecule has 2 N–H and O–H groups in total. The highest BCUT2D eigenvalue weighted by Gasteiger charge is 2.20. The molecule has 0 amide bonds. The maximum absolute atomic E-state index is 11.9. The molecule has 0 aromatic heterocycles. The molecule has 5 heteroatoms. The summed E-state index contributed by atoms with van der Waals surface area (Å²) in [5, 5.41) is 3.23. The molecule has 17 heavy (non-hydrogen) atoms. The fraction of sp³-hybridized carbons (Fsp3) is 0.500. The molecule has 0 spiro atoms. The van der Waals surface area contributed by atoms with Crippen LogP contribution < -0.4 is 10.0 Å². The lowest BCUT2D eigenvalue weighted by Crippen LogP contribution is -2.33. The molecule has 0 unspecified atom stereocenters. The number of benzene rings is 1. The third-order valence-electron chi connectivity index (χ3n) is 2.96. The molecule has 1 aliphatic rings. The number of nitrogens with one attached hydrogen (secondary N) is 2. The van der Waals surface area contributed by atoms with Crippen molar-refractivity contribution in [1.29, 1.82) is 0 Å². The zero-order valence-electron chi connectivity index (χ0n) is 9.72. The minimum atomic E-state index is -3.21. The summed E-state index contributed by atoms with van der Waals surface area (Å²) in [6, 6.07) is 9.04. The SMILES string of the molecule is O=S(=O)(CC1CCNCC1)Nc1ccccc1. The molecule has 0 radical (unpaired) electrons. The second-order valence-electron chi connectivity index (χ2n) is 4.44. The van der Waals surface area contributed by atoms with E-state index in [0.717, 1.165) is 25.9 Å². The molecule has 1 saturated heterocycles. The van der Waals surface area contributed by atoms with Crippen molar-refractivity contribution in [3.63, 3.8) is 0 Å². The van der Waals surface area contributed by atoms with Crippen LogP contribution in [0.4, 0.5) is 5.69 Å². The largest absolute Gasteiger partial charge is 0.317 e. The molecule has 1 aromatic rings. The van der Waals surface area contributed by atoms with Crippen LogP contribution in [0.2, 0.25) is 0 Å². The Bertz CT molecular complexity index is 439. The van der Waals surface area contributed by atoms with E-state index in [0.29, 0.717) is 5.69 Å². The van der Waals surface area contributed by atoms with Crippen LogP contribution >= 0.6 is 0 Å². The van der Waals surface area contributed by atoms with Crippen LogP contribution in [-0.4, -0.2) is 27.3 Å². The van der Waals surface area contributed by atoms with Crippen molar-refractivity contribution in [2.45, 2.75) is 12.8 Å². The van der Waals surface area contributed by atoms with Crippen LogP contribution in [0, 0.1) is 5.92 Å². The second-order valence-corrected chi connectivity index (χ2v) is 6.21. The fourth-order valence-corrected chi connectivity index (χ4v) is 3.62. The van der Waals surface area contributed by atoms with Crippen molar-refractivity contribution in [3.05, 3.63) is 30.3 Å². The average Bonchev–Trinajstić information content (AvgIpc) is 2.30. The topological polar surface area (TPSA) is 58.2 Å². The predicted molar refractivity (Wildman–Crippen MR) is 69.4 cm³/mol. The van der Waals surface area contributed by atoms with E-state index in [4.69, 9.17) is 0 Å². The van der Waals surface area contributed by atoms with Crippen molar-refractivity contribution < 1.29 is 8.42 Å². The normalized spacial score (nSPS) is 17.9. The molecule has 0 aliphatic carbocycles. The van der Waals surface area contributed by atoms with Crippen LogP contribution in [0.25, 0.3) is 0 Å². The standard InChI is InChI=1S/C12H18N2O2S/c15-17(16,10-11-6-8-13-9-7-11)14-12-4-2-1-3-5-12/h1-5,11,13-14H,6-10H2. The highest BCUT2D eigenvalue weighted by Crippen LogP contribution is 2.16. The highest BCUT2D eigenvalue weighted by atomic mass is 32.2. The first-order valence-corrected chi connectivity index (χ1v) is 7.57. The summed E-state index contributed by atoms with van der Waals surface area (Å²) in [7, 11) is -3.21. The number of hydrogen-bond acceptors (Lipinski definition) is 3. The first kappa shape index (κ1) is 12.4. The van der Waals surface area contributed by atoms with Crippen LogP contribution in [-0.2, 0) is 10.0 Å². The van der Waals surface area contributed by atoms with Gasteiger partial charge in [0.2, 0.25) is 10.0 Å². The molecule has 4 nitrogen and oxygen atoms in total. The van der Waals surface area contributed by atoms with E-state index in [9.17, 15) is 8.42 Å². The molecule has 0 saturated carbocycles. The van der Waals surface area contributed by atoms with E-state index in [2.05, 4.69) is 10.0 Å². The number of hydrogen-bond donors (Lipinski definition) is 2. The van der Waals surface area contributed by atoms with Gasteiger partial charge in [-0.25, -0.2) is 8.42 Å². The minimum Gasteiger partial charge on any atom is -0.317 e. The lowest BCUT2D eigenvalue weighted by atomic mass is 10.0. The van der Waals surface area contributed by atoms with Gasteiger partial charge in [0.15, 0.2) is 0 Å². The monoisotopic (exact) mass is 254 g/mol. The number of anilines is 1. The number of rotatable bonds is 4. The number of piperidine rings is 1. The average molecular weight is 254 g/mol. The van der Waals surface area contributed by atoms with Gasteiger partial charge >= 0.3 is 0 Å². The second kappa shape index (κ2) is 5.51. The Morgan fingerprint density at radius 1 is 1.18 bits per heavy atom. The van der Waals surface area contributed by atoms with Crippen LogP contribution in [0.15, 0.2) is 30.3 Å². The Labute approximate surface area is 102 Å². The Balaban J connectivity index is 1.94. The number of para-hydroxylation sites is 1. The third-order valence-corrected chi connectivity index (χ3v) is 4.42. The zero-order chi connectivity index (χ0) is 12.1. The minimum absolute atomic E-state index is 0.226. The van der Waals surface area contributed by atoms with Gasteiger partial charge in [-0.1, -0.05) is 18.2 Å². The van der Waals surface area contributed by atoms with E-state index in [1.165, 1.54) is 0 Å². The highest BCUT2D eigenvalue weighted by molar-refractivity contribution is 7.92. The molecular weight excluding hydrogens is 236 g/mol. The van der Waals surface area contributed by atoms with Crippen molar-refractivity contribution in [2.75, 3.05) is 23.6 Å². The summed E-state index contributed by atoms with van der Waals surface area (Å²) in [5.74, 6) is 0.501. The zero-order valence-corrected chi connectivity index (χ0v) is 10.5. The predicted octanol–water partition coefficient (Wildman–Crippen LogP) is 1.43. The van der Waals surface area contributed by atoms with Crippen LogP contribution in [0.1, 0.15) is 12.8 Å². The van der Waals surface area contributed by atoms with Crippen molar-refractivity contribution in [3.8, 4) is 0 Å². The van der Waals surface area contributed by atoms with Gasteiger partial charge in [0.1, 0.15) is 0 Å². The summed E-state index contributed by atoms with van der Waals surface area (Å²) in [4.78, 5) is 0. The number of sulfonamides is 1. The van der Waals surface area contributed by atoms with Gasteiger partial charge < -0.3 is 5.32 Å². The molecular formula is C12H18N2O2S. The van der Waals surface area contributed by atoms with Gasteiger partial charge in [0.05, 0.1) is 5.75 Å². The van der Waals surface area contributed by atoms with Crippen molar-refractivity contribution in [1.82, 2.24) is 5.32 Å². The van der Waals surface area contributed by atoms with Gasteiger partial charge in [0, 0.05) is 5.69 Å². The summed E-state index contributed by atoms with van der Waals surface area (Å²) in [6.45, 7) is 1.84. The molecule has 1 fully saturated rings. The first-order valence-electron chi connectivity index (χ1n) is 5.92. The van der Waals surface area contributed by atoms with E-state index < -0.39 is 10.0 Å². The summed E-state index contributed by atoms with van der Waals surface area (Å²) in [6.07, 6.45) is 1.88. The van der Waals surface area contributed by atoms with E-state index in [1.54, 1.807) is 12.1 Å². The molecule has 94 valence electrons. The Morgan fingerprint density at radius 2 is 1.82 bits per heavy atom. The van der Waals surface area contributed by atoms with E-state index >= 15 is 0 Å². The third kappa shape index (κ3) is 4.02. The van der Waals surface area contributed by atoms with Gasteiger partial charge in [0.25, 0.3) is 0 Å². The van der Waals surface area contributed by atoms with E-state index in [-0.39, 0.29) is 11.7 Å². The van der Waals surface area contributed by atoms with Crippen LogP contribution in [0.5, 0.6) is 0 Å². The van der Waals surface area contributed by atoms with Crippen molar-refractivity contribution in [2.24, 2.45) is 5.92 Å². The Kier molecular flexibility index (Phi) is 4.02. The van der Waals surface area contributed by atoms with Crippen molar-refractivity contribution >= 4 is 15.7 Å². The van der Waals surface area contributed by atoms with Crippen LogP contribution in [0.3, 0.4) is 0 Å². The first-order chi connectivity index (χ1) is 8.16. The maximum Gasteiger partial charge on any atom is 0.232 e. The molecule has 1 aromatic carbocycles. The van der Waals surface area contributed by atoms with Gasteiger partial charge in [-0.3, -0.25) is 4.72 Å². The summed E-state index contributed by atoms with van der Waals surface area (Å²) in [5.41, 5.74) is 0.640. The summed E-state index contributed by atoms with van der Waals surface area (Å²) < 4.78 is 26.5. The summed E-state index contributed by atoms with van der Waals surface area (Å²) >= 11 is 0. The smallest absolute Gasteiger partial charge is 0.232 e. The Hall–Kier alpha value is -1.07. The fourth-order valence-electron chi connectivity index (χ4n) is 2.09. The Morgan fingerprint density at radius 3 is 2.47 bits per heavy atom. The quantitative estimate of drug-likeness (QED) is 0.854. The van der Waals surface area contributed by atoms with Gasteiger partial charge in [-0.2, -0.15) is 0 Å². The van der Waals surface area contributed by atoms with Gasteiger partial charge in [-0.05, 0) is 44.0 Å². The lowest BCUT2D eigenvalue weighted by molar-refractivity contribution is 0.402. The molecule has 0 atom stereocenters. The molecule has 1 heterocycles. The van der Waals surface area contributed by atoms with E-state index in [1.807, 2.05) is 18.2 Å². The maximum atomic E-state index is 11.9. The molecule has 2 rings (SSSR count). The van der Waals surface area contributed by atoms with Gasteiger partial charge in [-0.15, -0.1) is 0 Å². The molecule has 1 aliphatic heterocycles. The molecule has 0 bridgehead atoms. The lowest BCUT2D eigenvalue weighted by Gasteiger charge is -2.22.